The van der Waals surface area contributed by atoms with Crippen molar-refractivity contribution in [1.82, 2.24) is 14.7 Å². The SMILES string of the molecule is CC1(CN)CCN(C(=O)c2ccn(-c3ccccc3F)n2)C1.Cl. The lowest BCUT2D eigenvalue weighted by Crippen LogP contribution is -2.34. The van der Waals surface area contributed by atoms with Gasteiger partial charge in [-0.15, -0.1) is 12.4 Å². The van der Waals surface area contributed by atoms with Gasteiger partial charge in [-0.25, -0.2) is 9.07 Å². The summed E-state index contributed by atoms with van der Waals surface area (Å²) in [6.45, 7) is 3.95. The average Bonchev–Trinajstić information content (AvgIpc) is 3.15. The molecule has 1 amide bonds. The number of rotatable bonds is 3. The van der Waals surface area contributed by atoms with Crippen LogP contribution >= 0.6 is 12.4 Å². The Kier molecular flexibility index (Phi) is 5.06. The summed E-state index contributed by atoms with van der Waals surface area (Å²) in [6.07, 6.45) is 2.49. The van der Waals surface area contributed by atoms with E-state index in [0.29, 0.717) is 31.0 Å². The maximum atomic E-state index is 13.8. The molecule has 0 bridgehead atoms. The minimum atomic E-state index is -0.374. The summed E-state index contributed by atoms with van der Waals surface area (Å²) < 4.78 is 15.2. The highest BCUT2D eigenvalue weighted by Gasteiger charge is 2.35. The van der Waals surface area contributed by atoms with Crippen LogP contribution in [0.25, 0.3) is 5.69 Å². The number of carbonyl (C=O) groups excluding carboxylic acids is 1. The predicted octanol–water partition coefficient (Wildman–Crippen LogP) is 2.24. The van der Waals surface area contributed by atoms with Crippen LogP contribution in [0.3, 0.4) is 0 Å². The van der Waals surface area contributed by atoms with Gasteiger partial charge in [0.05, 0.1) is 0 Å². The molecule has 1 saturated heterocycles. The Labute approximate surface area is 140 Å². The van der Waals surface area contributed by atoms with E-state index in [-0.39, 0.29) is 29.5 Å². The maximum Gasteiger partial charge on any atom is 0.274 e. The molecule has 1 aromatic carbocycles. The average molecular weight is 339 g/mol. The quantitative estimate of drug-likeness (QED) is 0.933. The van der Waals surface area contributed by atoms with E-state index in [1.54, 1.807) is 35.4 Å². The van der Waals surface area contributed by atoms with Crippen molar-refractivity contribution >= 4 is 18.3 Å². The first kappa shape index (κ1) is 17.4. The Bertz CT molecular complexity index is 705. The topological polar surface area (TPSA) is 64.2 Å². The Balaban J connectivity index is 0.00000192. The number of hydrogen-bond donors (Lipinski definition) is 1. The van der Waals surface area contributed by atoms with E-state index in [9.17, 15) is 9.18 Å². The minimum Gasteiger partial charge on any atom is -0.337 e. The van der Waals surface area contributed by atoms with Gasteiger partial charge < -0.3 is 10.6 Å². The van der Waals surface area contributed by atoms with Crippen LogP contribution in [-0.2, 0) is 0 Å². The molecule has 1 atom stereocenters. The van der Waals surface area contributed by atoms with Crippen LogP contribution in [0, 0.1) is 11.2 Å². The number of halogens is 2. The van der Waals surface area contributed by atoms with Crippen LogP contribution in [0.4, 0.5) is 4.39 Å². The number of nitrogens with two attached hydrogens (primary N) is 1. The second kappa shape index (κ2) is 6.68. The molecular formula is C16H20ClFN4O. The van der Waals surface area contributed by atoms with Crippen molar-refractivity contribution in [3.05, 3.63) is 48.0 Å². The largest absolute Gasteiger partial charge is 0.337 e. The molecule has 0 spiro atoms. The summed E-state index contributed by atoms with van der Waals surface area (Å²) in [5.41, 5.74) is 6.39. The molecule has 23 heavy (non-hydrogen) atoms. The third-order valence-electron chi connectivity index (χ3n) is 4.25. The molecule has 0 saturated carbocycles. The van der Waals surface area contributed by atoms with Gasteiger partial charge in [0, 0.05) is 19.3 Å². The van der Waals surface area contributed by atoms with Crippen LogP contribution in [0.15, 0.2) is 36.5 Å². The molecule has 124 valence electrons. The summed E-state index contributed by atoms with van der Waals surface area (Å²) in [4.78, 5) is 14.3. The third kappa shape index (κ3) is 3.38. The highest BCUT2D eigenvalue weighted by molar-refractivity contribution is 5.92. The number of likely N-dealkylation sites (tertiary alicyclic amines) is 1. The Morgan fingerprint density at radius 3 is 2.78 bits per heavy atom. The van der Waals surface area contributed by atoms with Crippen LogP contribution < -0.4 is 5.73 Å². The molecule has 1 aliphatic heterocycles. The summed E-state index contributed by atoms with van der Waals surface area (Å²) in [5, 5.41) is 4.21. The lowest BCUT2D eigenvalue weighted by molar-refractivity contribution is 0.0770. The molecule has 2 N–H and O–H groups in total. The van der Waals surface area contributed by atoms with Gasteiger partial charge in [0.2, 0.25) is 0 Å². The first-order valence-corrected chi connectivity index (χ1v) is 7.32. The van der Waals surface area contributed by atoms with E-state index in [0.717, 1.165) is 6.42 Å². The second-order valence-electron chi connectivity index (χ2n) is 6.09. The molecule has 1 aromatic heterocycles. The van der Waals surface area contributed by atoms with E-state index in [4.69, 9.17) is 5.73 Å². The number of nitrogens with zero attached hydrogens (tertiary/aromatic N) is 3. The fourth-order valence-electron chi connectivity index (χ4n) is 2.74. The zero-order valence-electron chi connectivity index (χ0n) is 12.9. The lowest BCUT2D eigenvalue weighted by Gasteiger charge is -2.22. The van der Waals surface area contributed by atoms with E-state index in [1.165, 1.54) is 10.7 Å². The number of carbonyl (C=O) groups is 1. The molecular weight excluding hydrogens is 319 g/mol. The van der Waals surface area contributed by atoms with Crippen LogP contribution in [-0.4, -0.2) is 40.2 Å². The highest BCUT2D eigenvalue weighted by atomic mass is 35.5. The molecule has 2 aromatic rings. The van der Waals surface area contributed by atoms with Gasteiger partial charge in [-0.1, -0.05) is 19.1 Å². The monoisotopic (exact) mass is 338 g/mol. The van der Waals surface area contributed by atoms with Gasteiger partial charge in [-0.3, -0.25) is 4.79 Å². The van der Waals surface area contributed by atoms with E-state index >= 15 is 0 Å². The van der Waals surface area contributed by atoms with E-state index in [2.05, 4.69) is 12.0 Å². The molecule has 5 nitrogen and oxygen atoms in total. The summed E-state index contributed by atoms with van der Waals surface area (Å²) in [7, 11) is 0. The zero-order chi connectivity index (χ0) is 15.7. The Morgan fingerprint density at radius 2 is 2.13 bits per heavy atom. The fourth-order valence-corrected chi connectivity index (χ4v) is 2.74. The van der Waals surface area contributed by atoms with Gasteiger partial charge in [0.15, 0.2) is 5.69 Å². The Hall–Kier alpha value is -1.92. The maximum absolute atomic E-state index is 13.8. The van der Waals surface area contributed by atoms with Crippen molar-refractivity contribution in [2.75, 3.05) is 19.6 Å². The molecule has 7 heteroatoms. The first-order valence-electron chi connectivity index (χ1n) is 7.32. The molecule has 2 heterocycles. The van der Waals surface area contributed by atoms with Crippen molar-refractivity contribution in [3.8, 4) is 5.69 Å². The molecule has 1 unspecified atom stereocenters. The van der Waals surface area contributed by atoms with Crippen molar-refractivity contribution in [2.24, 2.45) is 11.1 Å². The Morgan fingerprint density at radius 1 is 1.39 bits per heavy atom. The van der Waals surface area contributed by atoms with Crippen LogP contribution in [0.2, 0.25) is 0 Å². The van der Waals surface area contributed by atoms with Crippen molar-refractivity contribution in [1.29, 1.82) is 0 Å². The van der Waals surface area contributed by atoms with Gasteiger partial charge in [0.1, 0.15) is 11.5 Å². The van der Waals surface area contributed by atoms with Gasteiger partial charge in [0.25, 0.3) is 5.91 Å². The molecule has 1 aliphatic rings. The van der Waals surface area contributed by atoms with Crippen molar-refractivity contribution in [3.63, 3.8) is 0 Å². The first-order chi connectivity index (χ1) is 10.5. The number of para-hydroxylation sites is 1. The normalized spacial score (nSPS) is 20.4. The standard InChI is InChI=1S/C16H19FN4O.ClH/c1-16(10-18)7-9-20(11-16)15(22)13-6-8-21(19-13)14-5-3-2-4-12(14)17;/h2-6,8H,7,9-11,18H2,1H3;1H. The van der Waals surface area contributed by atoms with Crippen molar-refractivity contribution in [2.45, 2.75) is 13.3 Å². The van der Waals surface area contributed by atoms with E-state index in [1.807, 2.05) is 0 Å². The zero-order valence-corrected chi connectivity index (χ0v) is 13.7. The van der Waals surface area contributed by atoms with Crippen molar-refractivity contribution < 1.29 is 9.18 Å². The predicted molar refractivity (Wildman–Crippen MR) is 88.5 cm³/mol. The van der Waals surface area contributed by atoms with Gasteiger partial charge >= 0.3 is 0 Å². The third-order valence-corrected chi connectivity index (χ3v) is 4.25. The van der Waals surface area contributed by atoms with Gasteiger partial charge in [-0.2, -0.15) is 5.10 Å². The summed E-state index contributed by atoms with van der Waals surface area (Å²) >= 11 is 0. The molecule has 0 aliphatic carbocycles. The molecule has 1 fully saturated rings. The molecule has 3 rings (SSSR count). The van der Waals surface area contributed by atoms with E-state index < -0.39 is 0 Å². The number of amides is 1. The van der Waals surface area contributed by atoms with Crippen LogP contribution in [0.5, 0.6) is 0 Å². The molecule has 0 radical (unpaired) electrons. The highest BCUT2D eigenvalue weighted by Crippen LogP contribution is 2.29. The lowest BCUT2D eigenvalue weighted by atomic mass is 9.90. The fraction of sp³-hybridized carbons (Fsp3) is 0.375. The number of hydrogen-bond acceptors (Lipinski definition) is 3. The number of benzene rings is 1. The van der Waals surface area contributed by atoms with Crippen LogP contribution in [0.1, 0.15) is 23.8 Å². The smallest absolute Gasteiger partial charge is 0.274 e. The number of aromatic nitrogens is 2. The van der Waals surface area contributed by atoms with Gasteiger partial charge in [-0.05, 0) is 36.6 Å². The summed E-state index contributed by atoms with van der Waals surface area (Å²) in [5.74, 6) is -0.506. The minimum absolute atomic E-state index is 0. The second-order valence-corrected chi connectivity index (χ2v) is 6.09. The summed E-state index contributed by atoms with van der Waals surface area (Å²) in [6, 6.07) is 7.96.